The number of methoxy groups -OCH3 is 1. The first-order valence-electron chi connectivity index (χ1n) is 8.94. The number of thioether (sulfide) groups is 1. The zero-order valence-corrected chi connectivity index (χ0v) is 17.0. The predicted molar refractivity (Wildman–Crippen MR) is 109 cm³/mol. The quantitative estimate of drug-likeness (QED) is 0.732. The highest BCUT2D eigenvalue weighted by Crippen LogP contribution is 2.46. The van der Waals surface area contributed by atoms with Crippen molar-refractivity contribution in [1.29, 1.82) is 0 Å². The van der Waals surface area contributed by atoms with Crippen molar-refractivity contribution in [3.63, 3.8) is 0 Å². The van der Waals surface area contributed by atoms with Gasteiger partial charge in [0.2, 0.25) is 5.91 Å². The monoisotopic (exact) mass is 395 g/mol. The van der Waals surface area contributed by atoms with E-state index in [1.165, 1.54) is 0 Å². The Labute approximate surface area is 167 Å². The Hall–Kier alpha value is -2.87. The molecule has 3 aromatic rings. The zero-order chi connectivity index (χ0) is 19.8. The summed E-state index contributed by atoms with van der Waals surface area (Å²) in [6, 6.07) is 9.78. The number of benzene rings is 1. The summed E-state index contributed by atoms with van der Waals surface area (Å²) in [6.45, 7) is 5.77. The number of carbonyl (C=O) groups is 1. The summed E-state index contributed by atoms with van der Waals surface area (Å²) in [6.07, 6.45) is 0. The van der Waals surface area contributed by atoms with Crippen LogP contribution < -0.4 is 10.1 Å². The van der Waals surface area contributed by atoms with Gasteiger partial charge in [-0.2, -0.15) is 9.78 Å². The van der Waals surface area contributed by atoms with Crippen molar-refractivity contribution in [3.05, 3.63) is 58.5 Å². The van der Waals surface area contributed by atoms with Crippen molar-refractivity contribution in [1.82, 2.24) is 19.7 Å². The number of hydrogen-bond acceptors (Lipinski definition) is 6. The number of hydrogen-bond donors (Lipinski definition) is 1. The van der Waals surface area contributed by atoms with Crippen molar-refractivity contribution in [2.45, 2.75) is 26.0 Å². The molecule has 0 aliphatic carbocycles. The molecule has 0 spiro atoms. The van der Waals surface area contributed by atoms with Gasteiger partial charge in [-0.05, 0) is 32.9 Å². The van der Waals surface area contributed by atoms with Gasteiger partial charge in [-0.25, -0.2) is 9.97 Å². The Morgan fingerprint density at radius 1 is 1.18 bits per heavy atom. The van der Waals surface area contributed by atoms with E-state index in [9.17, 15) is 4.79 Å². The summed E-state index contributed by atoms with van der Waals surface area (Å²) in [5, 5.41) is 7.59. The molecule has 7 nitrogen and oxygen atoms in total. The summed E-state index contributed by atoms with van der Waals surface area (Å²) in [5.41, 5.74) is 4.48. The average Bonchev–Trinajstić information content (AvgIpc) is 2.87. The molecule has 0 fully saturated rings. The molecule has 2 aromatic heterocycles. The minimum absolute atomic E-state index is 0.0748. The van der Waals surface area contributed by atoms with Crippen LogP contribution in [0, 0.1) is 20.8 Å². The topological polar surface area (TPSA) is 81.9 Å². The first-order valence-corrected chi connectivity index (χ1v) is 9.99. The minimum Gasteiger partial charge on any atom is -0.496 e. The minimum atomic E-state index is -0.0928. The third kappa shape index (κ3) is 3.24. The largest absolute Gasteiger partial charge is 0.496 e. The van der Waals surface area contributed by atoms with Crippen LogP contribution in [0.2, 0.25) is 0 Å². The summed E-state index contributed by atoms with van der Waals surface area (Å²) in [5.74, 6) is 2.12. The van der Waals surface area contributed by atoms with Crippen LogP contribution in [0.25, 0.3) is 5.95 Å². The molecule has 1 aromatic carbocycles. The molecular weight excluding hydrogens is 374 g/mol. The molecule has 144 valence electrons. The first-order chi connectivity index (χ1) is 13.5. The molecule has 1 N–H and O–H groups in total. The number of rotatable bonds is 3. The lowest BCUT2D eigenvalue weighted by molar-refractivity contribution is -0.113. The number of para-hydroxylation sites is 1. The van der Waals surface area contributed by atoms with Crippen molar-refractivity contribution in [3.8, 4) is 11.7 Å². The molecule has 28 heavy (non-hydrogen) atoms. The average molecular weight is 395 g/mol. The van der Waals surface area contributed by atoms with Crippen LogP contribution in [-0.2, 0) is 4.79 Å². The lowest BCUT2D eigenvalue weighted by Crippen LogP contribution is -2.17. The van der Waals surface area contributed by atoms with Gasteiger partial charge in [0.15, 0.2) is 0 Å². The van der Waals surface area contributed by atoms with Gasteiger partial charge in [0.1, 0.15) is 11.6 Å². The molecule has 0 saturated heterocycles. The summed E-state index contributed by atoms with van der Waals surface area (Å²) >= 11 is 1.56. The lowest BCUT2D eigenvalue weighted by Gasteiger charge is -2.18. The number of ether oxygens (including phenoxy) is 1. The van der Waals surface area contributed by atoms with Gasteiger partial charge in [-0.3, -0.25) is 4.79 Å². The number of nitrogens with one attached hydrogen (secondary N) is 1. The van der Waals surface area contributed by atoms with E-state index in [4.69, 9.17) is 4.74 Å². The molecular formula is C20H21N5O2S. The maximum Gasteiger partial charge on any atom is 0.252 e. The van der Waals surface area contributed by atoms with E-state index in [2.05, 4.69) is 20.4 Å². The molecule has 0 saturated carbocycles. The Morgan fingerprint density at radius 2 is 1.89 bits per heavy atom. The van der Waals surface area contributed by atoms with Crippen LogP contribution in [0.1, 0.15) is 33.5 Å². The number of nitrogens with zero attached hydrogens (tertiary/aromatic N) is 4. The van der Waals surface area contributed by atoms with Gasteiger partial charge in [0, 0.05) is 22.5 Å². The maximum absolute atomic E-state index is 12.5. The highest BCUT2D eigenvalue weighted by Gasteiger charge is 2.32. The molecule has 1 amide bonds. The molecule has 3 heterocycles. The Bertz CT molecular complexity index is 1040. The molecule has 0 unspecified atom stereocenters. The van der Waals surface area contributed by atoms with Gasteiger partial charge in [0.05, 0.1) is 23.8 Å². The van der Waals surface area contributed by atoms with E-state index < -0.39 is 0 Å². The van der Waals surface area contributed by atoms with E-state index in [0.717, 1.165) is 34.0 Å². The maximum atomic E-state index is 12.5. The third-order valence-electron chi connectivity index (χ3n) is 4.59. The fourth-order valence-electron chi connectivity index (χ4n) is 3.46. The lowest BCUT2D eigenvalue weighted by atomic mass is 10.0. The number of fused-ring (bicyclic) bond motifs is 1. The molecule has 1 aliphatic heterocycles. The van der Waals surface area contributed by atoms with Gasteiger partial charge in [-0.1, -0.05) is 18.2 Å². The standard InChI is InChI=1S/C20H21N5O2S/c1-11-9-12(2)22-20(21-11)25-19-17(13(3)24-25)18(28-10-16(26)23-19)14-7-5-6-8-15(14)27-4/h5-9,18H,10H2,1-4H3,(H,23,26)/t18-/m0/s1. The molecule has 0 radical (unpaired) electrons. The van der Waals surface area contributed by atoms with Gasteiger partial charge >= 0.3 is 0 Å². The van der Waals surface area contributed by atoms with Crippen molar-refractivity contribution in [2.75, 3.05) is 18.2 Å². The molecule has 1 aliphatic rings. The predicted octanol–water partition coefficient (Wildman–Crippen LogP) is 3.37. The number of aromatic nitrogens is 4. The summed E-state index contributed by atoms with van der Waals surface area (Å²) < 4.78 is 7.21. The van der Waals surface area contributed by atoms with Gasteiger partial charge < -0.3 is 10.1 Å². The summed E-state index contributed by atoms with van der Waals surface area (Å²) in [4.78, 5) is 21.5. The molecule has 1 atom stereocenters. The van der Waals surface area contributed by atoms with Crippen molar-refractivity contribution < 1.29 is 9.53 Å². The first kappa shape index (κ1) is 18.5. The number of anilines is 1. The molecule has 8 heteroatoms. The fraction of sp³-hybridized carbons (Fsp3) is 0.300. The zero-order valence-electron chi connectivity index (χ0n) is 16.2. The van der Waals surface area contributed by atoms with E-state index in [1.54, 1.807) is 23.6 Å². The van der Waals surface area contributed by atoms with Crippen LogP contribution in [0.15, 0.2) is 30.3 Å². The number of amides is 1. The number of carbonyl (C=O) groups excluding carboxylic acids is 1. The van der Waals surface area contributed by atoms with E-state index in [1.807, 2.05) is 51.1 Å². The summed E-state index contributed by atoms with van der Waals surface area (Å²) in [7, 11) is 1.66. The van der Waals surface area contributed by atoms with Crippen LogP contribution in [0.5, 0.6) is 5.75 Å². The third-order valence-corrected chi connectivity index (χ3v) is 5.84. The molecule has 4 rings (SSSR count). The SMILES string of the molecule is COc1ccccc1[C@@H]1SCC(=O)Nc2c1c(C)nn2-c1nc(C)cc(C)n1. The second kappa shape index (κ2) is 7.27. The smallest absolute Gasteiger partial charge is 0.252 e. The van der Waals surface area contributed by atoms with E-state index in [0.29, 0.717) is 17.5 Å². The van der Waals surface area contributed by atoms with Crippen LogP contribution >= 0.6 is 11.8 Å². The van der Waals surface area contributed by atoms with Gasteiger partial charge in [0.25, 0.3) is 5.95 Å². The second-order valence-electron chi connectivity index (χ2n) is 6.69. The number of aryl methyl sites for hydroxylation is 3. The van der Waals surface area contributed by atoms with Gasteiger partial charge in [-0.15, -0.1) is 11.8 Å². The highest BCUT2D eigenvalue weighted by atomic mass is 32.2. The van der Waals surface area contributed by atoms with Crippen molar-refractivity contribution in [2.24, 2.45) is 0 Å². The second-order valence-corrected chi connectivity index (χ2v) is 7.78. The molecule has 0 bridgehead atoms. The van der Waals surface area contributed by atoms with Crippen LogP contribution in [0.3, 0.4) is 0 Å². The Balaban J connectivity index is 1.93. The van der Waals surface area contributed by atoms with E-state index in [-0.39, 0.29) is 11.2 Å². The normalized spacial score (nSPS) is 16.3. The van der Waals surface area contributed by atoms with Crippen LogP contribution in [0.4, 0.5) is 5.82 Å². The Morgan fingerprint density at radius 3 is 2.61 bits per heavy atom. The van der Waals surface area contributed by atoms with Crippen LogP contribution in [-0.4, -0.2) is 38.5 Å². The highest BCUT2D eigenvalue weighted by molar-refractivity contribution is 8.00. The van der Waals surface area contributed by atoms with Crippen molar-refractivity contribution >= 4 is 23.5 Å². The van der Waals surface area contributed by atoms with E-state index >= 15 is 0 Å². The fourth-order valence-corrected chi connectivity index (χ4v) is 4.67. The Kier molecular flexibility index (Phi) is 4.80.